The standard InChI is InChI=1S/C22H25FN2O3/c1-4-25(3)15-24-20-10-16(2)18(12-19(20)23)22(13-27-14-22)28-21(26)11-17-8-6-5-7-9-17/h5-10,12,15H,4,11,13-14H2,1-3H3. The third-order valence-corrected chi connectivity index (χ3v) is 4.85. The van der Waals surface area contributed by atoms with Crippen LogP contribution in [0.25, 0.3) is 0 Å². The summed E-state index contributed by atoms with van der Waals surface area (Å²) in [6, 6.07) is 12.5. The fourth-order valence-electron chi connectivity index (χ4n) is 3.07. The lowest BCUT2D eigenvalue weighted by molar-refractivity contribution is -0.218. The highest BCUT2D eigenvalue weighted by atomic mass is 19.1. The molecule has 0 aliphatic carbocycles. The van der Waals surface area contributed by atoms with Gasteiger partial charge in [0.1, 0.15) is 11.5 Å². The van der Waals surface area contributed by atoms with E-state index in [9.17, 15) is 9.18 Å². The molecule has 1 aliphatic heterocycles. The molecule has 0 amide bonds. The summed E-state index contributed by atoms with van der Waals surface area (Å²) in [5.74, 6) is -0.812. The van der Waals surface area contributed by atoms with Crippen LogP contribution in [0.3, 0.4) is 0 Å². The van der Waals surface area contributed by atoms with Crippen LogP contribution in [0.5, 0.6) is 0 Å². The number of hydrogen-bond acceptors (Lipinski definition) is 4. The zero-order chi connectivity index (χ0) is 20.1. The Kier molecular flexibility index (Phi) is 6.09. The molecule has 6 heteroatoms. The van der Waals surface area contributed by atoms with Gasteiger partial charge in [0.15, 0.2) is 5.60 Å². The van der Waals surface area contributed by atoms with E-state index in [0.29, 0.717) is 5.56 Å². The van der Waals surface area contributed by atoms with Crippen LogP contribution >= 0.6 is 0 Å². The van der Waals surface area contributed by atoms with Crippen LogP contribution in [0.4, 0.5) is 10.1 Å². The van der Waals surface area contributed by atoms with Gasteiger partial charge >= 0.3 is 5.97 Å². The minimum absolute atomic E-state index is 0.163. The number of hydrogen-bond donors (Lipinski definition) is 0. The van der Waals surface area contributed by atoms with E-state index in [1.807, 2.05) is 56.1 Å². The predicted molar refractivity (Wildman–Crippen MR) is 106 cm³/mol. The molecule has 2 aromatic carbocycles. The molecule has 1 saturated heterocycles. The van der Waals surface area contributed by atoms with E-state index in [1.165, 1.54) is 6.07 Å². The SMILES string of the molecule is CCN(C)C=Nc1cc(C)c(C2(OC(=O)Cc3ccccc3)COC2)cc1F. The molecule has 5 nitrogen and oxygen atoms in total. The minimum atomic E-state index is -0.945. The van der Waals surface area contributed by atoms with Crippen molar-refractivity contribution in [3.8, 4) is 0 Å². The van der Waals surface area contributed by atoms with Gasteiger partial charge in [0, 0.05) is 19.2 Å². The van der Waals surface area contributed by atoms with E-state index in [2.05, 4.69) is 4.99 Å². The van der Waals surface area contributed by atoms with Gasteiger partial charge in [0.25, 0.3) is 0 Å². The smallest absolute Gasteiger partial charge is 0.311 e. The van der Waals surface area contributed by atoms with E-state index >= 15 is 0 Å². The van der Waals surface area contributed by atoms with Gasteiger partial charge in [0.05, 0.1) is 26.0 Å². The number of carbonyl (C=O) groups is 1. The van der Waals surface area contributed by atoms with E-state index in [4.69, 9.17) is 9.47 Å². The average Bonchev–Trinajstić information content (AvgIpc) is 2.65. The van der Waals surface area contributed by atoms with Crippen LogP contribution in [0.1, 0.15) is 23.6 Å². The third kappa shape index (κ3) is 4.39. The summed E-state index contributed by atoms with van der Waals surface area (Å²) in [6.45, 7) is 5.06. The number of nitrogens with zero attached hydrogens (tertiary/aromatic N) is 2. The summed E-state index contributed by atoms with van der Waals surface area (Å²) in [7, 11) is 1.87. The summed E-state index contributed by atoms with van der Waals surface area (Å²) >= 11 is 0. The Labute approximate surface area is 164 Å². The van der Waals surface area contributed by atoms with Crippen LogP contribution in [0, 0.1) is 12.7 Å². The fourth-order valence-corrected chi connectivity index (χ4v) is 3.07. The summed E-state index contributed by atoms with van der Waals surface area (Å²) < 4.78 is 25.8. The lowest BCUT2D eigenvalue weighted by Gasteiger charge is -2.41. The molecule has 0 aromatic heterocycles. The summed E-state index contributed by atoms with van der Waals surface area (Å²) in [5, 5.41) is 0. The zero-order valence-corrected chi connectivity index (χ0v) is 16.4. The molecular formula is C22H25FN2O3. The fraction of sp³-hybridized carbons (Fsp3) is 0.364. The van der Waals surface area contributed by atoms with Gasteiger partial charge in [0.2, 0.25) is 0 Å². The zero-order valence-electron chi connectivity index (χ0n) is 16.4. The van der Waals surface area contributed by atoms with Crippen molar-refractivity contribution in [3.63, 3.8) is 0 Å². The van der Waals surface area contributed by atoms with Crippen molar-refractivity contribution in [1.29, 1.82) is 0 Å². The Hall–Kier alpha value is -2.73. The van der Waals surface area contributed by atoms with Gasteiger partial charge in [-0.1, -0.05) is 30.3 Å². The number of aryl methyl sites for hydroxylation is 1. The maximum absolute atomic E-state index is 14.6. The van der Waals surface area contributed by atoms with Crippen LogP contribution in [-0.2, 0) is 26.3 Å². The molecule has 0 radical (unpaired) electrons. The van der Waals surface area contributed by atoms with Gasteiger partial charge in [-0.15, -0.1) is 0 Å². The van der Waals surface area contributed by atoms with Crippen molar-refractivity contribution in [3.05, 3.63) is 65.0 Å². The molecule has 0 bridgehead atoms. The lowest BCUT2D eigenvalue weighted by Crippen LogP contribution is -2.51. The van der Waals surface area contributed by atoms with E-state index < -0.39 is 11.4 Å². The molecule has 1 heterocycles. The van der Waals surface area contributed by atoms with Gasteiger partial charge in [-0.3, -0.25) is 4.79 Å². The number of halogens is 1. The highest BCUT2D eigenvalue weighted by Crippen LogP contribution is 2.38. The van der Waals surface area contributed by atoms with Crippen LogP contribution < -0.4 is 0 Å². The van der Waals surface area contributed by atoms with E-state index in [1.54, 1.807) is 12.4 Å². The molecule has 2 aromatic rings. The molecule has 1 aliphatic rings. The molecule has 0 spiro atoms. The van der Waals surface area contributed by atoms with Crippen LogP contribution in [0.2, 0.25) is 0 Å². The first-order valence-electron chi connectivity index (χ1n) is 9.32. The Balaban J connectivity index is 1.80. The minimum Gasteiger partial charge on any atom is -0.449 e. The quantitative estimate of drug-likeness (QED) is 0.414. The second-order valence-corrected chi connectivity index (χ2v) is 7.06. The summed E-state index contributed by atoms with van der Waals surface area (Å²) in [6.07, 6.45) is 1.76. The van der Waals surface area contributed by atoms with Crippen LogP contribution in [0.15, 0.2) is 47.5 Å². The van der Waals surface area contributed by atoms with Crippen molar-refractivity contribution >= 4 is 18.0 Å². The first-order valence-corrected chi connectivity index (χ1v) is 9.32. The van der Waals surface area contributed by atoms with E-state index in [0.717, 1.165) is 17.7 Å². The number of ether oxygens (including phenoxy) is 2. The average molecular weight is 384 g/mol. The van der Waals surface area contributed by atoms with Crippen molar-refractivity contribution in [1.82, 2.24) is 4.90 Å². The number of benzene rings is 2. The number of carbonyl (C=O) groups excluding carboxylic acids is 1. The van der Waals surface area contributed by atoms with Crippen molar-refractivity contribution in [2.45, 2.75) is 25.9 Å². The third-order valence-electron chi connectivity index (χ3n) is 4.85. The second kappa shape index (κ2) is 8.52. The highest BCUT2D eigenvalue weighted by molar-refractivity contribution is 5.73. The number of rotatable bonds is 7. The van der Waals surface area contributed by atoms with Gasteiger partial charge in [-0.25, -0.2) is 9.38 Å². The van der Waals surface area contributed by atoms with Crippen LogP contribution in [-0.4, -0.2) is 44.0 Å². The van der Waals surface area contributed by atoms with Crippen molar-refractivity contribution in [2.24, 2.45) is 4.99 Å². The van der Waals surface area contributed by atoms with Crippen molar-refractivity contribution in [2.75, 3.05) is 26.8 Å². The molecule has 28 heavy (non-hydrogen) atoms. The first-order chi connectivity index (χ1) is 13.4. The Morgan fingerprint density at radius 3 is 2.64 bits per heavy atom. The first kappa shape index (κ1) is 20.0. The Morgan fingerprint density at radius 2 is 2.04 bits per heavy atom. The highest BCUT2D eigenvalue weighted by Gasteiger charge is 2.45. The monoisotopic (exact) mass is 384 g/mol. The normalized spacial score (nSPS) is 15.3. The lowest BCUT2D eigenvalue weighted by atomic mass is 9.87. The molecule has 1 fully saturated rings. The number of esters is 1. The molecule has 148 valence electrons. The summed E-state index contributed by atoms with van der Waals surface area (Å²) in [4.78, 5) is 18.5. The van der Waals surface area contributed by atoms with Crippen molar-refractivity contribution < 1.29 is 18.7 Å². The summed E-state index contributed by atoms with van der Waals surface area (Å²) in [5.41, 5.74) is 1.62. The van der Waals surface area contributed by atoms with Gasteiger partial charge in [-0.05, 0) is 37.1 Å². The molecule has 0 unspecified atom stereocenters. The van der Waals surface area contributed by atoms with Gasteiger partial charge < -0.3 is 14.4 Å². The molecule has 0 saturated carbocycles. The molecule has 0 N–H and O–H groups in total. The second-order valence-electron chi connectivity index (χ2n) is 7.06. The maximum Gasteiger partial charge on any atom is 0.311 e. The molecular weight excluding hydrogens is 359 g/mol. The van der Waals surface area contributed by atoms with Gasteiger partial charge in [-0.2, -0.15) is 0 Å². The molecule has 0 atom stereocenters. The maximum atomic E-state index is 14.6. The van der Waals surface area contributed by atoms with E-state index in [-0.39, 0.29) is 31.3 Å². The molecule has 3 rings (SSSR count). The Morgan fingerprint density at radius 1 is 1.32 bits per heavy atom. The largest absolute Gasteiger partial charge is 0.449 e. The topological polar surface area (TPSA) is 51.1 Å². The number of aliphatic imine (C=N–C) groups is 1. The Bertz CT molecular complexity index is 864. The predicted octanol–water partition coefficient (Wildman–Crippen LogP) is 3.76.